The van der Waals surface area contributed by atoms with Crippen LogP contribution in [0.5, 0.6) is 11.5 Å². The van der Waals surface area contributed by atoms with E-state index in [2.05, 4.69) is 5.32 Å². The van der Waals surface area contributed by atoms with E-state index in [4.69, 9.17) is 26.4 Å². The Kier molecular flexibility index (Phi) is 5.90. The summed E-state index contributed by atoms with van der Waals surface area (Å²) < 4.78 is 30.9. The summed E-state index contributed by atoms with van der Waals surface area (Å²) in [5.74, 6) is 0.806. The average Bonchev–Trinajstić information content (AvgIpc) is 2.84. The minimum absolute atomic E-state index is 0.123. The van der Waals surface area contributed by atoms with Gasteiger partial charge in [0.25, 0.3) is 5.91 Å². The van der Waals surface area contributed by atoms with Gasteiger partial charge in [-0.3, -0.25) is 9.69 Å². The molecule has 0 aromatic heterocycles. The number of morpholine rings is 1. The molecule has 0 spiro atoms. The fourth-order valence-corrected chi connectivity index (χ4v) is 4.74. The summed E-state index contributed by atoms with van der Waals surface area (Å²) in [6.07, 6.45) is 0. The van der Waals surface area contributed by atoms with Crippen molar-refractivity contribution in [3.63, 3.8) is 0 Å². The Bertz CT molecular complexity index is 1130. The molecule has 33 heavy (non-hydrogen) atoms. The van der Waals surface area contributed by atoms with Crippen LogP contribution in [0.4, 0.5) is 10.1 Å². The van der Waals surface area contributed by atoms with Crippen LogP contribution in [0.3, 0.4) is 0 Å². The molecule has 1 amide bonds. The van der Waals surface area contributed by atoms with E-state index in [1.165, 1.54) is 12.1 Å². The maximum absolute atomic E-state index is 14.1. The predicted octanol–water partition coefficient (Wildman–Crippen LogP) is 3.17. The fourth-order valence-electron chi connectivity index (χ4n) is 4.38. The number of amides is 1. The summed E-state index contributed by atoms with van der Waals surface area (Å²) in [6.45, 7) is 4.81. The fraction of sp³-hybridized carbons (Fsp3) is 0.333. The van der Waals surface area contributed by atoms with Crippen LogP contribution in [0, 0.1) is 5.82 Å². The second-order valence-electron chi connectivity index (χ2n) is 8.00. The summed E-state index contributed by atoms with van der Waals surface area (Å²) in [5.41, 5.74) is 2.58. The van der Waals surface area contributed by atoms with Crippen molar-refractivity contribution in [3.8, 4) is 11.5 Å². The molecular weight excluding hydrogens is 445 g/mol. The SMILES string of the molecule is CC1=C(C(=O)N2CCOCC2)[C@@H](c2cccc(F)c2)NC(=S)N1c1ccc2c(c1)OCCO2. The smallest absolute Gasteiger partial charge is 0.254 e. The molecule has 1 saturated heterocycles. The van der Waals surface area contributed by atoms with Crippen LogP contribution in [0.2, 0.25) is 0 Å². The molecule has 0 bridgehead atoms. The third-order valence-electron chi connectivity index (χ3n) is 5.98. The lowest BCUT2D eigenvalue weighted by atomic mass is 9.93. The molecule has 2 aromatic rings. The Labute approximate surface area is 196 Å². The first-order chi connectivity index (χ1) is 16.0. The van der Waals surface area contributed by atoms with Crippen LogP contribution in [0.1, 0.15) is 18.5 Å². The molecule has 1 fully saturated rings. The highest BCUT2D eigenvalue weighted by Crippen LogP contribution is 2.39. The van der Waals surface area contributed by atoms with Gasteiger partial charge in [0.05, 0.1) is 30.5 Å². The summed E-state index contributed by atoms with van der Waals surface area (Å²) in [6, 6.07) is 11.2. The molecule has 3 aliphatic rings. The topological polar surface area (TPSA) is 63.3 Å². The van der Waals surface area contributed by atoms with Gasteiger partial charge >= 0.3 is 0 Å². The molecule has 1 atom stereocenters. The number of thiocarbonyl (C=S) groups is 1. The molecule has 0 saturated carbocycles. The number of hydrogen-bond donors (Lipinski definition) is 1. The molecule has 0 radical (unpaired) electrons. The summed E-state index contributed by atoms with van der Waals surface area (Å²) >= 11 is 5.72. The number of nitrogens with zero attached hydrogens (tertiary/aromatic N) is 2. The van der Waals surface area contributed by atoms with E-state index < -0.39 is 6.04 Å². The lowest BCUT2D eigenvalue weighted by Gasteiger charge is -2.40. The van der Waals surface area contributed by atoms with Gasteiger partial charge in [-0.1, -0.05) is 12.1 Å². The van der Waals surface area contributed by atoms with E-state index >= 15 is 0 Å². The maximum Gasteiger partial charge on any atom is 0.254 e. The number of carbonyl (C=O) groups excluding carboxylic acids is 1. The van der Waals surface area contributed by atoms with Crippen molar-refractivity contribution >= 4 is 28.9 Å². The minimum Gasteiger partial charge on any atom is -0.486 e. The molecule has 5 rings (SSSR count). The number of rotatable bonds is 3. The van der Waals surface area contributed by atoms with E-state index in [1.54, 1.807) is 17.0 Å². The van der Waals surface area contributed by atoms with Crippen LogP contribution < -0.4 is 19.7 Å². The number of nitrogens with one attached hydrogen (secondary N) is 1. The van der Waals surface area contributed by atoms with Crippen molar-refractivity contribution in [2.24, 2.45) is 0 Å². The monoisotopic (exact) mass is 469 g/mol. The van der Waals surface area contributed by atoms with E-state index in [1.807, 2.05) is 30.0 Å². The lowest BCUT2D eigenvalue weighted by Crippen LogP contribution is -2.51. The van der Waals surface area contributed by atoms with Gasteiger partial charge in [-0.15, -0.1) is 0 Å². The van der Waals surface area contributed by atoms with Crippen LogP contribution in [-0.4, -0.2) is 55.4 Å². The first-order valence-corrected chi connectivity index (χ1v) is 11.3. The van der Waals surface area contributed by atoms with Crippen molar-refractivity contribution in [3.05, 3.63) is 65.1 Å². The van der Waals surface area contributed by atoms with E-state index in [-0.39, 0.29) is 11.7 Å². The summed E-state index contributed by atoms with van der Waals surface area (Å²) in [4.78, 5) is 17.3. The third-order valence-corrected chi connectivity index (χ3v) is 6.28. The third kappa shape index (κ3) is 4.14. The van der Waals surface area contributed by atoms with Gasteiger partial charge in [0.1, 0.15) is 19.0 Å². The van der Waals surface area contributed by atoms with Gasteiger partial charge in [-0.05, 0) is 49.0 Å². The number of benzene rings is 2. The van der Waals surface area contributed by atoms with Crippen LogP contribution in [0.25, 0.3) is 0 Å². The van der Waals surface area contributed by atoms with E-state index in [0.717, 1.165) is 5.69 Å². The van der Waals surface area contributed by atoms with Crippen LogP contribution in [0.15, 0.2) is 53.7 Å². The van der Waals surface area contributed by atoms with Gasteiger partial charge in [0.2, 0.25) is 0 Å². The Morgan fingerprint density at radius 2 is 1.82 bits per heavy atom. The van der Waals surface area contributed by atoms with Crippen molar-refractivity contribution in [2.45, 2.75) is 13.0 Å². The molecule has 7 nitrogen and oxygen atoms in total. The zero-order chi connectivity index (χ0) is 22.9. The quantitative estimate of drug-likeness (QED) is 0.693. The van der Waals surface area contributed by atoms with E-state index in [9.17, 15) is 9.18 Å². The van der Waals surface area contributed by atoms with Gasteiger partial charge in [-0.2, -0.15) is 0 Å². The second kappa shape index (κ2) is 8.99. The van der Waals surface area contributed by atoms with Crippen molar-refractivity contribution in [2.75, 3.05) is 44.4 Å². The molecule has 3 aliphatic heterocycles. The van der Waals surface area contributed by atoms with Gasteiger partial charge < -0.3 is 24.4 Å². The molecule has 3 heterocycles. The molecule has 2 aromatic carbocycles. The number of anilines is 1. The normalized spacial score (nSPS) is 20.5. The Morgan fingerprint density at radius 1 is 1.06 bits per heavy atom. The molecule has 0 unspecified atom stereocenters. The minimum atomic E-state index is -0.572. The number of allylic oxidation sites excluding steroid dienone is 1. The zero-order valence-corrected chi connectivity index (χ0v) is 19.0. The highest BCUT2D eigenvalue weighted by Gasteiger charge is 2.37. The zero-order valence-electron chi connectivity index (χ0n) is 18.2. The summed E-state index contributed by atoms with van der Waals surface area (Å²) in [7, 11) is 0. The van der Waals surface area contributed by atoms with Crippen LogP contribution >= 0.6 is 12.2 Å². The first-order valence-electron chi connectivity index (χ1n) is 10.9. The Morgan fingerprint density at radius 3 is 2.58 bits per heavy atom. The van der Waals surface area contributed by atoms with E-state index in [0.29, 0.717) is 73.0 Å². The van der Waals surface area contributed by atoms with Gasteiger partial charge in [0.15, 0.2) is 16.6 Å². The first kappa shape index (κ1) is 21.7. The number of fused-ring (bicyclic) bond motifs is 1. The van der Waals surface area contributed by atoms with Gasteiger partial charge in [0, 0.05) is 24.9 Å². The number of ether oxygens (including phenoxy) is 3. The number of hydrogen-bond acceptors (Lipinski definition) is 5. The average molecular weight is 470 g/mol. The standard InChI is InChI=1S/C24H24FN3O4S/c1-15-21(23(29)27-7-9-30-10-8-27)22(16-3-2-4-17(25)13-16)26-24(33)28(15)18-5-6-19-20(14-18)32-12-11-31-19/h2-6,13-14,22H,7-12H2,1H3,(H,26,33)/t22-/m1/s1. The Balaban J connectivity index is 1.60. The number of halogens is 1. The molecule has 1 N–H and O–H groups in total. The summed E-state index contributed by atoms with van der Waals surface area (Å²) in [5, 5.41) is 3.68. The predicted molar refractivity (Wildman–Crippen MR) is 125 cm³/mol. The van der Waals surface area contributed by atoms with Gasteiger partial charge in [-0.25, -0.2) is 4.39 Å². The molecule has 9 heteroatoms. The Hall–Kier alpha value is -3.17. The van der Waals surface area contributed by atoms with Crippen molar-refractivity contribution in [1.82, 2.24) is 10.2 Å². The van der Waals surface area contributed by atoms with Crippen LogP contribution in [-0.2, 0) is 9.53 Å². The molecule has 0 aliphatic carbocycles. The lowest BCUT2D eigenvalue weighted by molar-refractivity contribution is -0.131. The highest BCUT2D eigenvalue weighted by molar-refractivity contribution is 7.80. The van der Waals surface area contributed by atoms with Crippen molar-refractivity contribution in [1.29, 1.82) is 0 Å². The maximum atomic E-state index is 14.1. The second-order valence-corrected chi connectivity index (χ2v) is 8.39. The molecule has 172 valence electrons. The highest BCUT2D eigenvalue weighted by atomic mass is 32.1. The largest absolute Gasteiger partial charge is 0.486 e. The van der Waals surface area contributed by atoms with Crippen molar-refractivity contribution < 1.29 is 23.4 Å². The number of carbonyl (C=O) groups is 1. The molecular formula is C24H24FN3O4S.